The molecule has 0 aliphatic heterocycles. The molecule has 1 N–H and O–H groups in total. The fraction of sp³-hybridized carbons (Fsp3) is 0.500. The Morgan fingerprint density at radius 3 is 3.00 bits per heavy atom. The Bertz CT molecular complexity index is 265. The van der Waals surface area contributed by atoms with Crippen LogP contribution in [0.25, 0.3) is 0 Å². The van der Waals surface area contributed by atoms with Crippen molar-refractivity contribution in [3.8, 4) is 12.3 Å². The van der Waals surface area contributed by atoms with Gasteiger partial charge in [-0.25, -0.2) is 0 Å². The van der Waals surface area contributed by atoms with E-state index < -0.39 is 6.10 Å². The van der Waals surface area contributed by atoms with Crippen LogP contribution < -0.4 is 0 Å². The first-order valence-electron chi connectivity index (χ1n) is 4.75. The van der Waals surface area contributed by atoms with Crippen LogP contribution >= 0.6 is 0 Å². The third kappa shape index (κ3) is 3.08. The van der Waals surface area contributed by atoms with Crippen LogP contribution in [-0.4, -0.2) is 11.2 Å². The Labute approximate surface area is 80.2 Å². The minimum absolute atomic E-state index is 0.720. The van der Waals surface area contributed by atoms with Gasteiger partial charge in [-0.15, -0.1) is 6.42 Å². The summed E-state index contributed by atoms with van der Waals surface area (Å²) in [5.74, 6) is 2.31. The van der Waals surface area contributed by atoms with E-state index >= 15 is 0 Å². The summed E-state index contributed by atoms with van der Waals surface area (Å²) >= 11 is 0. The van der Waals surface area contributed by atoms with Gasteiger partial charge in [-0.3, -0.25) is 0 Å². The molecule has 70 valence electrons. The minimum Gasteiger partial charge on any atom is -0.376 e. The van der Waals surface area contributed by atoms with E-state index in [0.717, 1.165) is 18.4 Å². The molecule has 0 saturated carbocycles. The monoisotopic (exact) mass is 176 g/mol. The predicted molar refractivity (Wildman–Crippen MR) is 55.1 cm³/mol. The Morgan fingerprint density at radius 2 is 2.46 bits per heavy atom. The van der Waals surface area contributed by atoms with Gasteiger partial charge in [-0.05, 0) is 38.2 Å². The zero-order chi connectivity index (χ0) is 9.68. The minimum atomic E-state index is -0.720. The van der Waals surface area contributed by atoms with E-state index in [4.69, 9.17) is 6.42 Å². The van der Waals surface area contributed by atoms with E-state index in [1.54, 1.807) is 0 Å². The van der Waals surface area contributed by atoms with Crippen molar-refractivity contribution in [2.24, 2.45) is 0 Å². The highest BCUT2D eigenvalue weighted by molar-refractivity contribution is 5.28. The number of aliphatic hydroxyl groups is 1. The molecule has 1 heteroatoms. The number of allylic oxidation sites excluding steroid dienone is 3. The van der Waals surface area contributed by atoms with Gasteiger partial charge in [0.2, 0.25) is 0 Å². The lowest BCUT2D eigenvalue weighted by Crippen LogP contribution is -2.04. The van der Waals surface area contributed by atoms with Gasteiger partial charge in [0.15, 0.2) is 0 Å². The Hall–Kier alpha value is -1.00. The number of terminal acetylenes is 1. The van der Waals surface area contributed by atoms with Gasteiger partial charge in [0.25, 0.3) is 0 Å². The standard InChI is InChI=1S/C12H16O/c1-3-12(13)10(2)9-11-7-5-4-6-8-11/h1,7,9,12-13H,4-6,8H2,2H3/b10-9+. The first-order valence-corrected chi connectivity index (χ1v) is 4.75. The van der Waals surface area contributed by atoms with Crippen molar-refractivity contribution in [2.75, 3.05) is 0 Å². The number of hydrogen-bond acceptors (Lipinski definition) is 1. The zero-order valence-corrected chi connectivity index (χ0v) is 8.09. The van der Waals surface area contributed by atoms with E-state index in [-0.39, 0.29) is 0 Å². The quantitative estimate of drug-likeness (QED) is 0.641. The second-order valence-electron chi connectivity index (χ2n) is 3.48. The summed E-state index contributed by atoms with van der Waals surface area (Å²) in [6.45, 7) is 1.87. The second kappa shape index (κ2) is 4.89. The first-order chi connectivity index (χ1) is 6.24. The van der Waals surface area contributed by atoms with Crippen molar-refractivity contribution in [1.82, 2.24) is 0 Å². The van der Waals surface area contributed by atoms with Gasteiger partial charge in [0.05, 0.1) is 0 Å². The summed E-state index contributed by atoms with van der Waals surface area (Å²) < 4.78 is 0. The van der Waals surface area contributed by atoms with E-state index in [1.165, 1.54) is 18.4 Å². The third-order valence-electron chi connectivity index (χ3n) is 2.33. The molecule has 1 aliphatic rings. The van der Waals surface area contributed by atoms with E-state index in [9.17, 15) is 5.11 Å². The summed E-state index contributed by atoms with van der Waals surface area (Å²) in [5.41, 5.74) is 2.19. The molecule has 1 rings (SSSR count). The molecule has 0 radical (unpaired) electrons. The molecule has 1 aliphatic carbocycles. The highest BCUT2D eigenvalue weighted by Gasteiger charge is 2.04. The largest absolute Gasteiger partial charge is 0.376 e. The Kier molecular flexibility index (Phi) is 3.79. The summed E-state index contributed by atoms with van der Waals surface area (Å²) in [6.07, 6.45) is 13.5. The molecule has 0 saturated heterocycles. The van der Waals surface area contributed by atoms with Gasteiger partial charge in [-0.1, -0.05) is 23.6 Å². The molecule has 1 nitrogen and oxygen atoms in total. The van der Waals surface area contributed by atoms with Gasteiger partial charge in [0.1, 0.15) is 6.10 Å². The molecular formula is C12H16O. The maximum absolute atomic E-state index is 9.33. The summed E-state index contributed by atoms with van der Waals surface area (Å²) in [4.78, 5) is 0. The SMILES string of the molecule is C#CC(O)/C(C)=C/C1=CCCCC1. The molecule has 0 fully saturated rings. The molecule has 1 unspecified atom stereocenters. The predicted octanol–water partition coefficient (Wildman–Crippen LogP) is 2.43. The van der Waals surface area contributed by atoms with Crippen LogP contribution in [0.5, 0.6) is 0 Å². The van der Waals surface area contributed by atoms with Crippen LogP contribution in [0.1, 0.15) is 32.6 Å². The van der Waals surface area contributed by atoms with Gasteiger partial charge in [0, 0.05) is 0 Å². The lowest BCUT2D eigenvalue weighted by molar-refractivity contribution is 0.268. The first kappa shape index (κ1) is 10.1. The second-order valence-corrected chi connectivity index (χ2v) is 3.48. The van der Waals surface area contributed by atoms with Crippen LogP contribution in [-0.2, 0) is 0 Å². The van der Waals surface area contributed by atoms with Crippen molar-refractivity contribution >= 4 is 0 Å². The molecule has 0 heterocycles. The van der Waals surface area contributed by atoms with Crippen molar-refractivity contribution in [3.05, 3.63) is 23.3 Å². The van der Waals surface area contributed by atoms with Gasteiger partial charge < -0.3 is 5.11 Å². The topological polar surface area (TPSA) is 20.2 Å². The normalized spacial score (nSPS) is 20.4. The van der Waals surface area contributed by atoms with E-state index in [0.29, 0.717) is 0 Å². The molecule has 0 aromatic carbocycles. The van der Waals surface area contributed by atoms with Crippen molar-refractivity contribution in [3.63, 3.8) is 0 Å². The summed E-state index contributed by atoms with van der Waals surface area (Å²) in [5, 5.41) is 9.33. The molecule has 0 bridgehead atoms. The lowest BCUT2D eigenvalue weighted by atomic mass is 9.97. The average Bonchev–Trinajstić information content (AvgIpc) is 2.18. The maximum Gasteiger partial charge on any atom is 0.136 e. The fourth-order valence-corrected chi connectivity index (χ4v) is 1.50. The Morgan fingerprint density at radius 1 is 1.69 bits per heavy atom. The number of aliphatic hydroxyl groups excluding tert-OH is 1. The van der Waals surface area contributed by atoms with Crippen molar-refractivity contribution in [2.45, 2.75) is 38.7 Å². The van der Waals surface area contributed by atoms with Crippen LogP contribution in [0.2, 0.25) is 0 Å². The van der Waals surface area contributed by atoms with Gasteiger partial charge >= 0.3 is 0 Å². The third-order valence-corrected chi connectivity index (χ3v) is 2.33. The van der Waals surface area contributed by atoms with E-state index in [1.807, 2.05) is 13.0 Å². The molecule has 1 atom stereocenters. The zero-order valence-electron chi connectivity index (χ0n) is 8.09. The molecule has 0 amide bonds. The molecule has 0 aromatic rings. The van der Waals surface area contributed by atoms with Crippen LogP contribution in [0.4, 0.5) is 0 Å². The fourth-order valence-electron chi connectivity index (χ4n) is 1.50. The highest BCUT2D eigenvalue weighted by atomic mass is 16.3. The smallest absolute Gasteiger partial charge is 0.136 e. The Balaban J connectivity index is 2.64. The number of rotatable bonds is 2. The van der Waals surface area contributed by atoms with E-state index in [2.05, 4.69) is 12.0 Å². The van der Waals surface area contributed by atoms with Crippen molar-refractivity contribution in [1.29, 1.82) is 0 Å². The molecule has 13 heavy (non-hydrogen) atoms. The lowest BCUT2D eigenvalue weighted by Gasteiger charge is -2.10. The summed E-state index contributed by atoms with van der Waals surface area (Å²) in [6, 6.07) is 0. The van der Waals surface area contributed by atoms with Gasteiger partial charge in [-0.2, -0.15) is 0 Å². The maximum atomic E-state index is 9.33. The molecule has 0 aromatic heterocycles. The van der Waals surface area contributed by atoms with Crippen molar-refractivity contribution < 1.29 is 5.11 Å². The summed E-state index contributed by atoms with van der Waals surface area (Å²) in [7, 11) is 0. The molecule has 0 spiro atoms. The van der Waals surface area contributed by atoms with Crippen LogP contribution in [0.3, 0.4) is 0 Å². The molecular weight excluding hydrogens is 160 g/mol. The van der Waals surface area contributed by atoms with Crippen LogP contribution in [0, 0.1) is 12.3 Å². The highest BCUT2D eigenvalue weighted by Crippen LogP contribution is 2.20. The number of hydrogen-bond donors (Lipinski definition) is 1. The average molecular weight is 176 g/mol. The van der Waals surface area contributed by atoms with Crippen LogP contribution in [0.15, 0.2) is 23.3 Å².